The molecule has 56 valence electrons. The summed E-state index contributed by atoms with van der Waals surface area (Å²) >= 11 is 0. The molecule has 1 aromatic heterocycles. The summed E-state index contributed by atoms with van der Waals surface area (Å²) in [7, 11) is -4.26. The molecule has 0 unspecified atom stereocenters. The van der Waals surface area contributed by atoms with Gasteiger partial charge in [0, 0.05) is 0 Å². The first-order valence-electron chi connectivity index (χ1n) is 2.28. The van der Waals surface area contributed by atoms with Gasteiger partial charge in [-0.1, -0.05) is 5.16 Å². The van der Waals surface area contributed by atoms with Crippen molar-refractivity contribution in [3.05, 3.63) is 5.69 Å². The highest BCUT2D eigenvalue weighted by molar-refractivity contribution is 7.85. The maximum absolute atomic E-state index is 10.3. The number of aromatic nitrogens is 2. The molecule has 0 radical (unpaired) electrons. The van der Waals surface area contributed by atoms with Gasteiger partial charge in [0.2, 0.25) is 5.03 Å². The Bertz CT molecular complexity index is 326. The van der Waals surface area contributed by atoms with Gasteiger partial charge in [0.05, 0.1) is 0 Å². The van der Waals surface area contributed by atoms with E-state index in [9.17, 15) is 8.42 Å². The molecule has 0 aliphatic carbocycles. The van der Waals surface area contributed by atoms with Gasteiger partial charge in [-0.3, -0.25) is 4.55 Å². The summed E-state index contributed by atoms with van der Waals surface area (Å²) in [5, 5.41) is 5.59. The molecule has 1 aromatic rings. The first kappa shape index (κ1) is 7.16. The van der Waals surface area contributed by atoms with E-state index in [1.165, 1.54) is 6.92 Å². The van der Waals surface area contributed by atoms with E-state index < -0.39 is 15.1 Å². The Balaban J connectivity index is 3.32. The average Bonchev–Trinajstić information content (AvgIpc) is 2.11. The van der Waals surface area contributed by atoms with Crippen molar-refractivity contribution < 1.29 is 17.6 Å². The Morgan fingerprint density at radius 1 is 1.50 bits per heavy atom. The van der Waals surface area contributed by atoms with Crippen LogP contribution in [0.25, 0.3) is 0 Å². The van der Waals surface area contributed by atoms with Crippen LogP contribution in [0.5, 0.6) is 0 Å². The average molecular weight is 164 g/mol. The summed E-state index contributed by atoms with van der Waals surface area (Å²) in [4.78, 5) is 0. The molecule has 0 aliphatic rings. The molecule has 10 heavy (non-hydrogen) atoms. The van der Waals surface area contributed by atoms with Crippen molar-refractivity contribution in [3.63, 3.8) is 0 Å². The maximum atomic E-state index is 10.3. The van der Waals surface area contributed by atoms with Gasteiger partial charge in [0.15, 0.2) is 0 Å². The van der Waals surface area contributed by atoms with E-state index in [1.807, 2.05) is 0 Å². The second-order valence-corrected chi connectivity index (χ2v) is 2.97. The van der Waals surface area contributed by atoms with E-state index in [0.29, 0.717) is 0 Å². The van der Waals surface area contributed by atoms with Crippen LogP contribution in [0.15, 0.2) is 9.65 Å². The zero-order valence-electron chi connectivity index (χ0n) is 4.97. The number of aryl methyl sites for hydroxylation is 1. The lowest BCUT2D eigenvalue weighted by molar-refractivity contribution is 0.294. The molecular formula is C3H4N2O4S. The van der Waals surface area contributed by atoms with Crippen molar-refractivity contribution >= 4 is 10.1 Å². The third-order valence-electron chi connectivity index (χ3n) is 0.855. The Labute approximate surface area is 56.6 Å². The summed E-state index contributed by atoms with van der Waals surface area (Å²) in [6, 6.07) is 0. The van der Waals surface area contributed by atoms with Gasteiger partial charge in [-0.05, 0) is 12.1 Å². The van der Waals surface area contributed by atoms with Crippen molar-refractivity contribution in [1.29, 1.82) is 0 Å². The van der Waals surface area contributed by atoms with E-state index >= 15 is 0 Å². The van der Waals surface area contributed by atoms with Crippen molar-refractivity contribution in [2.24, 2.45) is 0 Å². The van der Waals surface area contributed by atoms with Gasteiger partial charge >= 0.3 is 10.1 Å². The van der Waals surface area contributed by atoms with Crippen LogP contribution in [0, 0.1) is 6.92 Å². The molecule has 0 saturated carbocycles. The summed E-state index contributed by atoms with van der Waals surface area (Å²) in [5.41, 5.74) is 0.0440. The second-order valence-electron chi connectivity index (χ2n) is 1.63. The normalized spacial score (nSPS) is 11.8. The van der Waals surface area contributed by atoms with Gasteiger partial charge in [-0.2, -0.15) is 8.42 Å². The van der Waals surface area contributed by atoms with Gasteiger partial charge in [-0.25, -0.2) is 4.63 Å². The SMILES string of the molecule is Cc1nonc1S(=O)(=O)O. The fourth-order valence-electron chi connectivity index (χ4n) is 0.458. The quantitative estimate of drug-likeness (QED) is 0.569. The second kappa shape index (κ2) is 2.03. The number of rotatable bonds is 1. The Morgan fingerprint density at radius 3 is 2.30 bits per heavy atom. The predicted molar refractivity (Wildman–Crippen MR) is 28.8 cm³/mol. The lowest BCUT2D eigenvalue weighted by atomic mass is 10.6. The number of nitrogens with zero attached hydrogens (tertiary/aromatic N) is 2. The maximum Gasteiger partial charge on any atom is 0.317 e. The van der Waals surface area contributed by atoms with Crippen LogP contribution >= 0.6 is 0 Å². The Kier molecular flexibility index (Phi) is 1.45. The summed E-state index contributed by atoms with van der Waals surface area (Å²) < 4.78 is 33.0. The fraction of sp³-hybridized carbons (Fsp3) is 0.333. The zero-order valence-corrected chi connectivity index (χ0v) is 5.79. The monoisotopic (exact) mass is 164 g/mol. The van der Waals surface area contributed by atoms with Gasteiger partial charge in [0.25, 0.3) is 0 Å². The summed E-state index contributed by atoms with van der Waals surface area (Å²) in [6.45, 7) is 1.36. The van der Waals surface area contributed by atoms with Crippen LogP contribution < -0.4 is 0 Å². The van der Waals surface area contributed by atoms with E-state index in [-0.39, 0.29) is 5.69 Å². The first-order valence-corrected chi connectivity index (χ1v) is 3.72. The number of hydrogen-bond donors (Lipinski definition) is 1. The molecule has 0 aromatic carbocycles. The minimum atomic E-state index is -4.26. The highest BCUT2D eigenvalue weighted by Gasteiger charge is 2.18. The molecule has 6 nitrogen and oxygen atoms in total. The Morgan fingerprint density at radius 2 is 2.10 bits per heavy atom. The number of hydrogen-bond acceptors (Lipinski definition) is 5. The fourth-order valence-corrected chi connectivity index (χ4v) is 0.996. The van der Waals surface area contributed by atoms with Gasteiger partial charge in [-0.15, -0.1) is 0 Å². The van der Waals surface area contributed by atoms with Crippen molar-refractivity contribution in [2.45, 2.75) is 11.9 Å². The third-order valence-corrected chi connectivity index (χ3v) is 1.71. The molecule has 1 heterocycles. The molecule has 0 fully saturated rings. The van der Waals surface area contributed by atoms with Gasteiger partial charge < -0.3 is 0 Å². The van der Waals surface area contributed by atoms with Crippen molar-refractivity contribution in [1.82, 2.24) is 10.3 Å². The molecule has 0 atom stereocenters. The van der Waals surface area contributed by atoms with E-state index in [1.54, 1.807) is 0 Å². The molecule has 0 spiro atoms. The Hall–Kier alpha value is -0.950. The van der Waals surface area contributed by atoms with E-state index in [2.05, 4.69) is 14.9 Å². The highest BCUT2D eigenvalue weighted by Crippen LogP contribution is 2.06. The van der Waals surface area contributed by atoms with Crippen molar-refractivity contribution in [2.75, 3.05) is 0 Å². The molecule has 1 N–H and O–H groups in total. The summed E-state index contributed by atoms with van der Waals surface area (Å²) in [5.74, 6) is 0. The van der Waals surface area contributed by atoms with Crippen LogP contribution in [0.2, 0.25) is 0 Å². The third kappa shape index (κ3) is 1.14. The topological polar surface area (TPSA) is 93.3 Å². The van der Waals surface area contributed by atoms with E-state index in [4.69, 9.17) is 4.55 Å². The van der Waals surface area contributed by atoms with Gasteiger partial charge in [0.1, 0.15) is 5.69 Å². The lowest BCUT2D eigenvalue weighted by Gasteiger charge is -1.85. The molecule has 7 heteroatoms. The minimum Gasteiger partial charge on any atom is -0.280 e. The first-order chi connectivity index (χ1) is 4.52. The molecule has 0 bridgehead atoms. The standard InChI is InChI=1S/C3H4N2O4S/c1-2-3(5-9-4-2)10(6,7)8/h1H3,(H,6,7,8). The highest BCUT2D eigenvalue weighted by atomic mass is 32.2. The molecule has 0 saturated heterocycles. The molecule has 0 amide bonds. The van der Waals surface area contributed by atoms with Crippen LogP contribution in [0.4, 0.5) is 0 Å². The van der Waals surface area contributed by atoms with Crippen molar-refractivity contribution in [3.8, 4) is 0 Å². The zero-order chi connectivity index (χ0) is 7.78. The minimum absolute atomic E-state index is 0.0440. The van der Waals surface area contributed by atoms with Crippen LogP contribution in [0.3, 0.4) is 0 Å². The smallest absolute Gasteiger partial charge is 0.280 e. The largest absolute Gasteiger partial charge is 0.317 e. The lowest BCUT2D eigenvalue weighted by Crippen LogP contribution is -1.99. The van der Waals surface area contributed by atoms with E-state index in [0.717, 1.165) is 0 Å². The molecular weight excluding hydrogens is 160 g/mol. The van der Waals surface area contributed by atoms with Crippen LogP contribution in [0.1, 0.15) is 5.69 Å². The summed E-state index contributed by atoms with van der Waals surface area (Å²) in [6.07, 6.45) is 0. The predicted octanol–water partition coefficient (Wildman–Crippen LogP) is -0.375. The van der Waals surface area contributed by atoms with Crippen LogP contribution in [-0.2, 0) is 10.1 Å². The van der Waals surface area contributed by atoms with Crippen LogP contribution in [-0.4, -0.2) is 23.3 Å². The molecule has 0 aliphatic heterocycles. The molecule has 1 rings (SSSR count).